The molecule has 0 bridgehead atoms. The van der Waals surface area contributed by atoms with E-state index in [0.717, 1.165) is 10.6 Å². The topological polar surface area (TPSA) is 61.7 Å². The van der Waals surface area contributed by atoms with Gasteiger partial charge >= 0.3 is 5.97 Å². The number of hydrogen-bond acceptors (Lipinski definition) is 4. The van der Waals surface area contributed by atoms with Crippen LogP contribution >= 0.6 is 11.3 Å². The minimum absolute atomic E-state index is 0.0324. The lowest BCUT2D eigenvalue weighted by atomic mass is 10.3. The summed E-state index contributed by atoms with van der Waals surface area (Å²) in [7, 11) is 0. The maximum Gasteiger partial charge on any atom is 0.371 e. The molecule has 0 saturated heterocycles. The van der Waals surface area contributed by atoms with Crippen molar-refractivity contribution < 1.29 is 9.90 Å². The maximum atomic E-state index is 10.5. The Kier molecular flexibility index (Phi) is 1.58. The summed E-state index contributed by atoms with van der Waals surface area (Å²) >= 11 is 1.49. The average Bonchev–Trinajstić information content (AvgIpc) is 2.49. The summed E-state index contributed by atoms with van der Waals surface area (Å²) in [6, 6.07) is 1.94. The Labute approximate surface area is 72.6 Å². The first-order chi connectivity index (χ1) is 5.77. The van der Waals surface area contributed by atoms with Gasteiger partial charge in [0.05, 0.1) is 11.5 Å². The number of thiophene rings is 1. The van der Waals surface area contributed by atoms with Crippen molar-refractivity contribution in [2.75, 3.05) is 5.32 Å². The van der Waals surface area contributed by atoms with Crippen LogP contribution in [0, 0.1) is 0 Å². The molecule has 1 aliphatic rings. The van der Waals surface area contributed by atoms with E-state index in [1.165, 1.54) is 11.3 Å². The number of carbonyl (C=O) groups is 1. The van der Waals surface area contributed by atoms with Crippen LogP contribution in [0.5, 0.6) is 0 Å². The highest BCUT2D eigenvalue weighted by atomic mass is 32.1. The molecule has 0 unspecified atom stereocenters. The Hall–Kier alpha value is -1.36. The molecule has 2 N–H and O–H groups in total. The normalized spacial score (nSPS) is 14.5. The van der Waals surface area contributed by atoms with Crippen molar-refractivity contribution in [3.8, 4) is 0 Å². The van der Waals surface area contributed by atoms with Crippen molar-refractivity contribution in [2.45, 2.75) is 6.54 Å². The molecule has 1 aliphatic heterocycles. The van der Waals surface area contributed by atoms with Gasteiger partial charge in [0.1, 0.15) is 0 Å². The fourth-order valence-electron chi connectivity index (χ4n) is 1.00. The van der Waals surface area contributed by atoms with Crippen LogP contribution in [-0.2, 0) is 11.3 Å². The molecular formula is C7H6N2O2S. The largest absolute Gasteiger partial charge is 0.475 e. The minimum atomic E-state index is -1.01. The van der Waals surface area contributed by atoms with Crippen LogP contribution in [-0.4, -0.2) is 16.9 Å². The van der Waals surface area contributed by atoms with Crippen molar-refractivity contribution in [2.24, 2.45) is 4.99 Å². The second kappa shape index (κ2) is 2.60. The van der Waals surface area contributed by atoms with Crippen LogP contribution < -0.4 is 5.32 Å². The molecule has 0 radical (unpaired) electrons. The third kappa shape index (κ3) is 1.08. The molecule has 2 rings (SSSR count). The second-order valence-electron chi connectivity index (χ2n) is 2.37. The summed E-state index contributed by atoms with van der Waals surface area (Å²) in [6.45, 7) is 0.466. The number of nitrogens with one attached hydrogen (secondary N) is 1. The van der Waals surface area contributed by atoms with Crippen molar-refractivity contribution in [3.05, 3.63) is 17.0 Å². The number of amidine groups is 1. The summed E-state index contributed by atoms with van der Waals surface area (Å²) < 4.78 is 0. The second-order valence-corrected chi connectivity index (χ2v) is 3.29. The summed E-state index contributed by atoms with van der Waals surface area (Å²) in [5.74, 6) is -0.973. The van der Waals surface area contributed by atoms with Gasteiger partial charge in [-0.3, -0.25) is 4.99 Å². The fourth-order valence-corrected chi connectivity index (χ4v) is 1.81. The number of rotatable bonds is 1. The fraction of sp³-hybridized carbons (Fsp3) is 0.143. The summed E-state index contributed by atoms with van der Waals surface area (Å²) in [5, 5.41) is 14.2. The molecule has 5 heteroatoms. The molecule has 62 valence electrons. The highest BCUT2D eigenvalue weighted by Crippen LogP contribution is 2.26. The Morgan fingerprint density at radius 3 is 3.33 bits per heavy atom. The van der Waals surface area contributed by atoms with Gasteiger partial charge in [0.15, 0.2) is 0 Å². The number of fused-ring (bicyclic) bond motifs is 1. The van der Waals surface area contributed by atoms with E-state index in [2.05, 4.69) is 10.3 Å². The van der Waals surface area contributed by atoms with Crippen LogP contribution in [0.2, 0.25) is 0 Å². The highest BCUT2D eigenvalue weighted by molar-refractivity contribution is 7.14. The zero-order valence-electron chi connectivity index (χ0n) is 6.07. The van der Waals surface area contributed by atoms with Crippen LogP contribution in [0.1, 0.15) is 5.56 Å². The quantitative estimate of drug-likeness (QED) is 0.685. The Morgan fingerprint density at radius 1 is 1.75 bits per heavy atom. The van der Waals surface area contributed by atoms with Gasteiger partial charge in [0.2, 0.25) is 5.84 Å². The lowest BCUT2D eigenvalue weighted by Gasteiger charge is -2.10. The number of hydrogen-bond donors (Lipinski definition) is 2. The molecule has 0 saturated carbocycles. The number of carboxylic acid groups (broad SMARTS) is 1. The summed E-state index contributed by atoms with van der Waals surface area (Å²) in [4.78, 5) is 14.4. The summed E-state index contributed by atoms with van der Waals surface area (Å²) in [5.41, 5.74) is 1.06. The van der Waals surface area contributed by atoms with Gasteiger partial charge < -0.3 is 10.4 Å². The molecule has 0 aliphatic carbocycles. The predicted octanol–water partition coefficient (Wildman–Crippen LogP) is 1.16. The Balaban J connectivity index is 2.29. The van der Waals surface area contributed by atoms with Gasteiger partial charge in [0.25, 0.3) is 0 Å². The van der Waals surface area contributed by atoms with Crippen LogP contribution in [0.4, 0.5) is 5.00 Å². The van der Waals surface area contributed by atoms with Gasteiger partial charge in [-0.2, -0.15) is 0 Å². The molecule has 12 heavy (non-hydrogen) atoms. The Morgan fingerprint density at radius 2 is 2.58 bits per heavy atom. The number of aliphatic imine (C=N–C) groups is 1. The monoisotopic (exact) mass is 182 g/mol. The van der Waals surface area contributed by atoms with Crippen LogP contribution in [0.15, 0.2) is 16.4 Å². The van der Waals surface area contributed by atoms with Gasteiger partial charge in [-0.1, -0.05) is 0 Å². The van der Waals surface area contributed by atoms with E-state index in [9.17, 15) is 4.79 Å². The average molecular weight is 182 g/mol. The van der Waals surface area contributed by atoms with Gasteiger partial charge in [-0.15, -0.1) is 11.3 Å². The van der Waals surface area contributed by atoms with Crippen molar-refractivity contribution in [1.29, 1.82) is 0 Å². The molecule has 1 aromatic rings. The number of nitrogens with zero attached hydrogens (tertiary/aromatic N) is 1. The van der Waals surface area contributed by atoms with E-state index in [1.807, 2.05) is 11.4 Å². The minimum Gasteiger partial charge on any atom is -0.475 e. The molecular weight excluding hydrogens is 176 g/mol. The number of anilines is 1. The van der Waals surface area contributed by atoms with Crippen molar-refractivity contribution in [1.82, 2.24) is 0 Å². The van der Waals surface area contributed by atoms with E-state index < -0.39 is 5.97 Å². The Bertz CT molecular complexity index is 356. The summed E-state index contributed by atoms with van der Waals surface area (Å²) in [6.07, 6.45) is 0. The predicted molar refractivity (Wildman–Crippen MR) is 46.7 cm³/mol. The van der Waals surface area contributed by atoms with Crippen molar-refractivity contribution >= 4 is 28.1 Å². The first-order valence-corrected chi connectivity index (χ1v) is 4.26. The van der Waals surface area contributed by atoms with E-state index in [0.29, 0.717) is 6.54 Å². The SMILES string of the molecule is O=C(O)C1=NCc2ccsc2N1. The first kappa shape index (κ1) is 7.30. The molecule has 0 amide bonds. The van der Waals surface area contributed by atoms with E-state index in [-0.39, 0.29) is 5.84 Å². The zero-order valence-corrected chi connectivity index (χ0v) is 6.89. The first-order valence-electron chi connectivity index (χ1n) is 3.38. The lowest BCUT2D eigenvalue weighted by Crippen LogP contribution is -2.25. The molecule has 4 nitrogen and oxygen atoms in total. The van der Waals surface area contributed by atoms with E-state index in [1.54, 1.807) is 0 Å². The molecule has 0 atom stereocenters. The third-order valence-corrected chi connectivity index (χ3v) is 2.46. The lowest BCUT2D eigenvalue weighted by molar-refractivity contribution is -0.129. The number of carboxylic acids is 1. The molecule has 0 spiro atoms. The standard InChI is InChI=1S/C7H6N2O2S/c10-7(11)5-8-3-4-1-2-12-6(4)9-5/h1-2H,3H2,(H,8,9)(H,10,11). The van der Waals surface area contributed by atoms with Gasteiger partial charge in [-0.25, -0.2) is 4.79 Å². The highest BCUT2D eigenvalue weighted by Gasteiger charge is 2.16. The smallest absolute Gasteiger partial charge is 0.371 e. The van der Waals surface area contributed by atoms with Gasteiger partial charge in [-0.05, 0) is 11.4 Å². The van der Waals surface area contributed by atoms with Gasteiger partial charge in [0, 0.05) is 5.56 Å². The van der Waals surface area contributed by atoms with Crippen LogP contribution in [0.25, 0.3) is 0 Å². The van der Waals surface area contributed by atoms with Crippen LogP contribution in [0.3, 0.4) is 0 Å². The van der Waals surface area contributed by atoms with E-state index in [4.69, 9.17) is 5.11 Å². The van der Waals surface area contributed by atoms with E-state index >= 15 is 0 Å². The molecule has 1 aromatic heterocycles. The van der Waals surface area contributed by atoms with Crippen molar-refractivity contribution in [3.63, 3.8) is 0 Å². The molecule has 0 fully saturated rings. The zero-order chi connectivity index (χ0) is 8.55. The molecule has 0 aromatic carbocycles. The molecule has 2 heterocycles. The third-order valence-electron chi connectivity index (χ3n) is 1.59. The number of aliphatic carboxylic acids is 1. The maximum absolute atomic E-state index is 10.5.